The number of nitro groups is 1. The number of benzene rings is 1. The number of hydrogen-bond acceptors (Lipinski definition) is 5. The number of amides is 1. The smallest absolute Gasteiger partial charge is 0.294 e. The first-order valence-electron chi connectivity index (χ1n) is 7.20. The van der Waals surface area contributed by atoms with Crippen LogP contribution in [0, 0.1) is 10.1 Å². The molecule has 0 bridgehead atoms. The van der Waals surface area contributed by atoms with Crippen LogP contribution >= 0.6 is 0 Å². The molecule has 1 saturated heterocycles. The van der Waals surface area contributed by atoms with E-state index in [9.17, 15) is 14.9 Å². The minimum atomic E-state index is -0.463. The summed E-state index contributed by atoms with van der Waals surface area (Å²) in [5.74, 6) is -0.301. The molecule has 1 amide bonds. The molecule has 1 fully saturated rings. The van der Waals surface area contributed by atoms with E-state index in [0.29, 0.717) is 17.8 Å². The molecule has 0 atom stereocenters. The predicted molar refractivity (Wildman–Crippen MR) is 80.2 cm³/mol. The fraction of sp³-hybridized carbons (Fsp3) is 0.500. The van der Waals surface area contributed by atoms with Gasteiger partial charge in [0.25, 0.3) is 11.6 Å². The van der Waals surface area contributed by atoms with Crippen molar-refractivity contribution in [3.8, 4) is 0 Å². The van der Waals surface area contributed by atoms with Gasteiger partial charge in [-0.05, 0) is 31.9 Å². The second-order valence-electron chi connectivity index (χ2n) is 5.01. The van der Waals surface area contributed by atoms with Gasteiger partial charge < -0.3 is 10.7 Å². The predicted octanol–water partition coefficient (Wildman–Crippen LogP) is 2.16. The lowest BCUT2D eigenvalue weighted by Crippen LogP contribution is -2.35. The largest absolute Gasteiger partial charge is 0.352 e. The molecule has 0 unspecified atom stereocenters. The lowest BCUT2D eigenvalue weighted by Gasteiger charge is -2.27. The minimum absolute atomic E-state index is 0.0793. The van der Waals surface area contributed by atoms with Crippen molar-refractivity contribution < 1.29 is 9.72 Å². The minimum Gasteiger partial charge on any atom is -0.352 e. The van der Waals surface area contributed by atoms with Crippen molar-refractivity contribution in [1.82, 2.24) is 10.3 Å². The molecule has 1 aromatic rings. The van der Waals surface area contributed by atoms with Gasteiger partial charge in [-0.1, -0.05) is 6.42 Å². The van der Waals surface area contributed by atoms with Gasteiger partial charge in [0.1, 0.15) is 5.69 Å². The summed E-state index contributed by atoms with van der Waals surface area (Å²) in [6, 6.07) is 4.51. The van der Waals surface area contributed by atoms with Crippen LogP contribution in [0.2, 0.25) is 0 Å². The summed E-state index contributed by atoms with van der Waals surface area (Å²) in [6.07, 6.45) is 3.35. The Balaban J connectivity index is 2.20. The maximum absolute atomic E-state index is 11.8. The van der Waals surface area contributed by atoms with Crippen LogP contribution in [0.1, 0.15) is 36.5 Å². The zero-order valence-electron chi connectivity index (χ0n) is 12.1. The number of anilines is 1. The van der Waals surface area contributed by atoms with Gasteiger partial charge in [0, 0.05) is 31.3 Å². The van der Waals surface area contributed by atoms with Crippen molar-refractivity contribution in [3.05, 3.63) is 33.9 Å². The first-order valence-corrected chi connectivity index (χ1v) is 7.20. The highest BCUT2D eigenvalue weighted by Crippen LogP contribution is 2.26. The zero-order valence-corrected chi connectivity index (χ0v) is 12.1. The number of nitrogens with zero attached hydrogens (tertiary/aromatic N) is 2. The van der Waals surface area contributed by atoms with Gasteiger partial charge in [0.15, 0.2) is 0 Å². The number of hydrogen-bond donors (Lipinski definition) is 2. The molecule has 0 saturated carbocycles. The van der Waals surface area contributed by atoms with E-state index in [0.717, 1.165) is 25.9 Å². The molecule has 0 radical (unpaired) electrons. The van der Waals surface area contributed by atoms with Crippen molar-refractivity contribution in [2.75, 3.05) is 25.1 Å². The number of piperidine rings is 1. The highest BCUT2D eigenvalue weighted by Gasteiger charge is 2.19. The molecular weight excluding hydrogens is 272 g/mol. The zero-order chi connectivity index (χ0) is 15.2. The molecule has 7 nitrogen and oxygen atoms in total. The van der Waals surface area contributed by atoms with Gasteiger partial charge in [0.05, 0.1) is 4.92 Å². The van der Waals surface area contributed by atoms with Gasteiger partial charge in [0.2, 0.25) is 0 Å². The Morgan fingerprint density at radius 2 is 2.05 bits per heavy atom. The van der Waals surface area contributed by atoms with Crippen LogP contribution in [0.5, 0.6) is 0 Å². The molecule has 0 spiro atoms. The Bertz CT molecular complexity index is 527. The maximum Gasteiger partial charge on any atom is 0.294 e. The van der Waals surface area contributed by atoms with Crippen LogP contribution in [0.3, 0.4) is 0 Å². The van der Waals surface area contributed by atoms with Crippen molar-refractivity contribution in [1.29, 1.82) is 0 Å². The van der Waals surface area contributed by atoms with E-state index in [-0.39, 0.29) is 11.6 Å². The van der Waals surface area contributed by atoms with Crippen molar-refractivity contribution in [3.63, 3.8) is 0 Å². The SMILES string of the molecule is CCNC(=O)c1ccc(NN2CCCCC2)c([N+](=O)[O-])c1. The van der Waals surface area contributed by atoms with Gasteiger partial charge in [-0.2, -0.15) is 0 Å². The van der Waals surface area contributed by atoms with Gasteiger partial charge in [-0.3, -0.25) is 14.9 Å². The lowest BCUT2D eigenvalue weighted by atomic mass is 10.1. The van der Waals surface area contributed by atoms with E-state index in [1.807, 2.05) is 5.01 Å². The summed E-state index contributed by atoms with van der Waals surface area (Å²) < 4.78 is 0. The number of carbonyl (C=O) groups is 1. The fourth-order valence-corrected chi connectivity index (χ4v) is 2.36. The molecule has 2 N–H and O–H groups in total. The highest BCUT2D eigenvalue weighted by molar-refractivity contribution is 5.95. The van der Waals surface area contributed by atoms with E-state index in [1.54, 1.807) is 19.1 Å². The third kappa shape index (κ3) is 3.91. The monoisotopic (exact) mass is 292 g/mol. The number of nitrogens with one attached hydrogen (secondary N) is 2. The van der Waals surface area contributed by atoms with E-state index >= 15 is 0 Å². The standard InChI is InChI=1S/C14H20N4O3/c1-2-15-14(19)11-6-7-12(13(10-11)18(20)21)16-17-8-4-3-5-9-17/h6-7,10,16H,2-5,8-9H2,1H3,(H,15,19). The Morgan fingerprint density at radius 1 is 1.33 bits per heavy atom. The summed E-state index contributed by atoms with van der Waals surface area (Å²) in [7, 11) is 0. The van der Waals surface area contributed by atoms with Gasteiger partial charge >= 0.3 is 0 Å². The van der Waals surface area contributed by atoms with Crippen LogP contribution in [0.4, 0.5) is 11.4 Å². The van der Waals surface area contributed by atoms with E-state index < -0.39 is 4.92 Å². The number of nitro benzene ring substituents is 1. The maximum atomic E-state index is 11.8. The van der Waals surface area contributed by atoms with E-state index in [4.69, 9.17) is 0 Å². The molecule has 2 rings (SSSR count). The molecule has 0 aromatic heterocycles. The van der Waals surface area contributed by atoms with Crippen LogP contribution in [0.15, 0.2) is 18.2 Å². The first kappa shape index (κ1) is 15.2. The fourth-order valence-electron chi connectivity index (χ4n) is 2.36. The molecule has 21 heavy (non-hydrogen) atoms. The Labute approximate surface area is 123 Å². The van der Waals surface area contributed by atoms with Crippen molar-refractivity contribution in [2.24, 2.45) is 0 Å². The number of carbonyl (C=O) groups excluding carboxylic acids is 1. The third-order valence-corrected chi connectivity index (χ3v) is 3.43. The van der Waals surface area contributed by atoms with Crippen molar-refractivity contribution in [2.45, 2.75) is 26.2 Å². The molecule has 1 heterocycles. The lowest BCUT2D eigenvalue weighted by molar-refractivity contribution is -0.384. The summed E-state index contributed by atoms with van der Waals surface area (Å²) >= 11 is 0. The number of hydrazine groups is 1. The van der Waals surface area contributed by atoms with Crippen LogP contribution < -0.4 is 10.7 Å². The molecule has 7 heteroatoms. The molecule has 114 valence electrons. The highest BCUT2D eigenvalue weighted by atomic mass is 16.6. The summed E-state index contributed by atoms with van der Waals surface area (Å²) in [5, 5.41) is 15.8. The molecular formula is C14H20N4O3. The second-order valence-corrected chi connectivity index (χ2v) is 5.01. The average Bonchev–Trinajstić information content (AvgIpc) is 2.48. The van der Waals surface area contributed by atoms with Gasteiger partial charge in [-0.25, -0.2) is 5.01 Å². The van der Waals surface area contributed by atoms with Gasteiger partial charge in [-0.15, -0.1) is 0 Å². The normalized spacial score (nSPS) is 15.5. The second kappa shape index (κ2) is 7.03. The van der Waals surface area contributed by atoms with E-state index in [2.05, 4.69) is 10.7 Å². The first-order chi connectivity index (χ1) is 10.1. The Morgan fingerprint density at radius 3 is 2.67 bits per heavy atom. The Kier molecular flexibility index (Phi) is 5.10. The van der Waals surface area contributed by atoms with Crippen molar-refractivity contribution >= 4 is 17.3 Å². The average molecular weight is 292 g/mol. The summed E-state index contributed by atoms with van der Waals surface area (Å²) in [6.45, 7) is 4.03. The molecule has 1 aliphatic rings. The molecule has 1 aromatic carbocycles. The third-order valence-electron chi connectivity index (χ3n) is 3.43. The summed E-state index contributed by atoms with van der Waals surface area (Å²) in [5.41, 5.74) is 3.73. The summed E-state index contributed by atoms with van der Waals surface area (Å²) in [4.78, 5) is 22.5. The van der Waals surface area contributed by atoms with Crippen LogP contribution in [0.25, 0.3) is 0 Å². The number of rotatable bonds is 5. The quantitative estimate of drug-likeness (QED) is 0.641. The topological polar surface area (TPSA) is 87.5 Å². The molecule has 0 aliphatic carbocycles. The Hall–Kier alpha value is -2.15. The molecule has 1 aliphatic heterocycles. The van der Waals surface area contributed by atoms with Crippen LogP contribution in [-0.4, -0.2) is 35.5 Å². The van der Waals surface area contributed by atoms with E-state index in [1.165, 1.54) is 12.5 Å². The van der Waals surface area contributed by atoms with Crippen LogP contribution in [-0.2, 0) is 0 Å².